The number of morpholine rings is 1. The predicted octanol–water partition coefficient (Wildman–Crippen LogP) is 4.04. The topological polar surface area (TPSA) is 108 Å². The van der Waals surface area contributed by atoms with E-state index in [9.17, 15) is 18.0 Å². The highest BCUT2D eigenvalue weighted by Gasteiger charge is 2.38. The molecule has 0 radical (unpaired) electrons. The number of alkyl halides is 3. The molecule has 39 heavy (non-hydrogen) atoms. The van der Waals surface area contributed by atoms with Crippen LogP contribution in [0.1, 0.15) is 32.9 Å². The number of nitrogens with zero attached hydrogens (tertiary/aromatic N) is 2. The van der Waals surface area contributed by atoms with Crippen molar-refractivity contribution in [2.24, 2.45) is 0 Å². The van der Waals surface area contributed by atoms with E-state index in [4.69, 9.17) is 14.6 Å². The summed E-state index contributed by atoms with van der Waals surface area (Å²) in [6.07, 6.45) is 2.74. The fraction of sp³-hybridized carbons (Fsp3) is 0.321. The largest absolute Gasteiger partial charge is 0.490 e. The zero-order valence-corrected chi connectivity index (χ0v) is 21.1. The summed E-state index contributed by atoms with van der Waals surface area (Å²) in [7, 11) is 0. The Labute approximate surface area is 223 Å². The molecule has 0 bridgehead atoms. The van der Waals surface area contributed by atoms with Crippen molar-refractivity contribution in [3.8, 4) is 11.3 Å². The van der Waals surface area contributed by atoms with Crippen molar-refractivity contribution in [2.75, 3.05) is 39.4 Å². The molecule has 0 atom stereocenters. The molecule has 4 heterocycles. The number of carboxylic acid groups (broad SMARTS) is 1. The molecule has 1 amide bonds. The summed E-state index contributed by atoms with van der Waals surface area (Å²) in [6, 6.07) is 14.7. The predicted molar refractivity (Wildman–Crippen MR) is 140 cm³/mol. The maximum atomic E-state index is 12.0. The first-order chi connectivity index (χ1) is 18.7. The van der Waals surface area contributed by atoms with Crippen molar-refractivity contribution in [3.63, 3.8) is 0 Å². The molecule has 0 saturated carbocycles. The smallest absolute Gasteiger partial charge is 0.475 e. The summed E-state index contributed by atoms with van der Waals surface area (Å²) < 4.78 is 37.2. The Hall–Kier alpha value is -3.96. The molecule has 206 valence electrons. The summed E-state index contributed by atoms with van der Waals surface area (Å²) in [6.45, 7) is 5.53. The van der Waals surface area contributed by atoms with Crippen LogP contribution in [0.15, 0.2) is 48.7 Å². The van der Waals surface area contributed by atoms with E-state index >= 15 is 0 Å². The van der Waals surface area contributed by atoms with E-state index in [0.717, 1.165) is 79.5 Å². The van der Waals surface area contributed by atoms with Crippen LogP contribution in [-0.4, -0.2) is 77.4 Å². The molecular formula is C28H29F3N4O4. The van der Waals surface area contributed by atoms with Gasteiger partial charge in [0, 0.05) is 55.7 Å². The second-order valence-electron chi connectivity index (χ2n) is 9.13. The molecule has 3 aromatic rings. The standard InChI is InChI=1S/C26H28N4O2.C2HF3O2/c31-26-23-18-25(29-24(23)8-11-28-26)21-7-10-27-22(17-21)6-5-19-1-3-20(4-2-19)9-12-30-13-15-32-16-14-30;3-2(4,5)1(6)7/h1-7,10,17-18,29H,8-9,11-16H2,(H,28,31);(H,6,7)/b6-5+;. The number of aliphatic carboxylic acids is 1. The number of benzene rings is 1. The summed E-state index contributed by atoms with van der Waals surface area (Å²) in [4.78, 5) is 31.3. The molecule has 1 saturated heterocycles. The lowest BCUT2D eigenvalue weighted by Crippen LogP contribution is -2.37. The van der Waals surface area contributed by atoms with Crippen LogP contribution >= 0.6 is 0 Å². The van der Waals surface area contributed by atoms with E-state index in [2.05, 4.69) is 50.5 Å². The molecule has 0 unspecified atom stereocenters. The van der Waals surface area contributed by atoms with Gasteiger partial charge >= 0.3 is 12.1 Å². The SMILES string of the molecule is O=C(O)C(F)(F)F.O=C1NCCc2[nH]c(-c3ccnc(/C=C/c4ccc(CCN5CCOCC5)cc4)c3)cc21. The number of H-pyrrole nitrogens is 1. The maximum Gasteiger partial charge on any atom is 0.490 e. The van der Waals surface area contributed by atoms with Gasteiger partial charge in [0.1, 0.15) is 0 Å². The molecule has 8 nitrogen and oxygen atoms in total. The average molecular weight is 543 g/mol. The van der Waals surface area contributed by atoms with Crippen molar-refractivity contribution in [3.05, 3.63) is 76.7 Å². The lowest BCUT2D eigenvalue weighted by Gasteiger charge is -2.26. The molecular weight excluding hydrogens is 513 g/mol. The van der Waals surface area contributed by atoms with Gasteiger partial charge in [-0.25, -0.2) is 4.79 Å². The van der Waals surface area contributed by atoms with Gasteiger partial charge < -0.3 is 20.1 Å². The van der Waals surface area contributed by atoms with Crippen molar-refractivity contribution in [2.45, 2.75) is 19.0 Å². The molecule has 5 rings (SSSR count). The van der Waals surface area contributed by atoms with Crippen LogP contribution < -0.4 is 5.32 Å². The van der Waals surface area contributed by atoms with Crippen molar-refractivity contribution in [1.82, 2.24) is 20.2 Å². The number of carbonyl (C=O) groups is 2. The van der Waals surface area contributed by atoms with Gasteiger partial charge in [0.25, 0.3) is 5.91 Å². The number of amides is 1. The third-order valence-electron chi connectivity index (χ3n) is 6.39. The van der Waals surface area contributed by atoms with Crippen LogP contribution in [0.2, 0.25) is 0 Å². The van der Waals surface area contributed by atoms with Gasteiger partial charge in [-0.05, 0) is 41.8 Å². The first kappa shape index (κ1) is 28.1. The van der Waals surface area contributed by atoms with Gasteiger partial charge in [0.15, 0.2) is 0 Å². The number of rotatable bonds is 6. The number of hydrogen-bond donors (Lipinski definition) is 3. The number of aromatic nitrogens is 2. The van der Waals surface area contributed by atoms with E-state index in [0.29, 0.717) is 6.54 Å². The van der Waals surface area contributed by atoms with Crippen LogP contribution in [0.25, 0.3) is 23.4 Å². The first-order valence-corrected chi connectivity index (χ1v) is 12.5. The molecule has 3 N–H and O–H groups in total. The number of nitrogens with one attached hydrogen (secondary N) is 2. The molecule has 1 fully saturated rings. The number of pyridine rings is 1. The van der Waals surface area contributed by atoms with Gasteiger partial charge in [0.05, 0.1) is 24.5 Å². The monoisotopic (exact) mass is 542 g/mol. The minimum atomic E-state index is -5.08. The number of carboxylic acids is 1. The highest BCUT2D eigenvalue weighted by molar-refractivity contribution is 5.97. The second-order valence-corrected chi connectivity index (χ2v) is 9.13. The van der Waals surface area contributed by atoms with Crippen molar-refractivity contribution < 1.29 is 32.6 Å². The lowest BCUT2D eigenvalue weighted by molar-refractivity contribution is -0.192. The number of halogens is 3. The summed E-state index contributed by atoms with van der Waals surface area (Å²) in [5.41, 5.74) is 7.12. The quantitative estimate of drug-likeness (QED) is 0.434. The fourth-order valence-electron chi connectivity index (χ4n) is 4.24. The Balaban J connectivity index is 0.000000448. The summed E-state index contributed by atoms with van der Waals surface area (Å²) in [5, 5.41) is 10.0. The van der Waals surface area contributed by atoms with E-state index in [1.807, 2.05) is 30.5 Å². The maximum absolute atomic E-state index is 12.0. The van der Waals surface area contributed by atoms with E-state index < -0.39 is 12.1 Å². The van der Waals surface area contributed by atoms with Crippen molar-refractivity contribution >= 4 is 24.0 Å². The molecule has 2 aliphatic rings. The third kappa shape index (κ3) is 8.01. The van der Waals surface area contributed by atoms with Gasteiger partial charge in [-0.3, -0.25) is 14.7 Å². The molecule has 2 aromatic heterocycles. The average Bonchev–Trinajstić information content (AvgIpc) is 3.38. The highest BCUT2D eigenvalue weighted by atomic mass is 19.4. The second kappa shape index (κ2) is 12.7. The van der Waals surface area contributed by atoms with Crippen LogP contribution in [0.4, 0.5) is 13.2 Å². The number of ether oxygens (including phenoxy) is 1. The molecule has 0 spiro atoms. The minimum absolute atomic E-state index is 0.00341. The zero-order chi connectivity index (χ0) is 27.8. The fourth-order valence-corrected chi connectivity index (χ4v) is 4.24. The number of aromatic amines is 1. The Morgan fingerprint density at radius 1 is 1.10 bits per heavy atom. The van der Waals surface area contributed by atoms with Crippen LogP contribution in [0, 0.1) is 0 Å². The number of fused-ring (bicyclic) bond motifs is 1. The number of carbonyl (C=O) groups excluding carboxylic acids is 1. The van der Waals surface area contributed by atoms with E-state index in [-0.39, 0.29) is 5.91 Å². The Bertz CT molecular complexity index is 1310. The van der Waals surface area contributed by atoms with Gasteiger partial charge in [0.2, 0.25) is 0 Å². The Kier molecular flexibility index (Phi) is 9.15. The van der Waals surface area contributed by atoms with Crippen molar-refractivity contribution in [1.29, 1.82) is 0 Å². The Morgan fingerprint density at radius 2 is 1.82 bits per heavy atom. The highest BCUT2D eigenvalue weighted by Crippen LogP contribution is 2.24. The molecule has 0 aliphatic carbocycles. The lowest BCUT2D eigenvalue weighted by atomic mass is 10.1. The summed E-state index contributed by atoms with van der Waals surface area (Å²) >= 11 is 0. The molecule has 11 heteroatoms. The first-order valence-electron chi connectivity index (χ1n) is 12.5. The molecule has 1 aromatic carbocycles. The van der Waals surface area contributed by atoms with Gasteiger partial charge in [-0.15, -0.1) is 0 Å². The molecule has 2 aliphatic heterocycles. The van der Waals surface area contributed by atoms with Gasteiger partial charge in [-0.2, -0.15) is 13.2 Å². The Morgan fingerprint density at radius 3 is 2.49 bits per heavy atom. The van der Waals surface area contributed by atoms with Crippen LogP contribution in [0.5, 0.6) is 0 Å². The summed E-state index contributed by atoms with van der Waals surface area (Å²) in [5.74, 6) is -2.76. The van der Waals surface area contributed by atoms with Crippen LogP contribution in [0.3, 0.4) is 0 Å². The normalized spacial score (nSPS) is 15.8. The van der Waals surface area contributed by atoms with E-state index in [1.54, 1.807) is 0 Å². The third-order valence-corrected chi connectivity index (χ3v) is 6.39. The number of hydrogen-bond acceptors (Lipinski definition) is 5. The van der Waals surface area contributed by atoms with Gasteiger partial charge in [-0.1, -0.05) is 30.3 Å². The minimum Gasteiger partial charge on any atom is -0.475 e. The van der Waals surface area contributed by atoms with E-state index in [1.165, 1.54) is 5.56 Å². The zero-order valence-electron chi connectivity index (χ0n) is 21.1. The van der Waals surface area contributed by atoms with Crippen LogP contribution in [-0.2, 0) is 22.4 Å².